The fourth-order valence-corrected chi connectivity index (χ4v) is 5.45. The molecule has 0 radical (unpaired) electrons. The molecule has 1 aliphatic rings. The molecule has 4 rings (SSSR count). The summed E-state index contributed by atoms with van der Waals surface area (Å²) in [6.45, 7) is 1.53. The lowest BCUT2D eigenvalue weighted by Crippen LogP contribution is -2.18. The van der Waals surface area contributed by atoms with Gasteiger partial charge >= 0.3 is 0 Å². The van der Waals surface area contributed by atoms with Gasteiger partial charge in [-0.25, -0.2) is 12.8 Å². The van der Waals surface area contributed by atoms with E-state index in [-0.39, 0.29) is 15.5 Å². The van der Waals surface area contributed by atoms with Crippen LogP contribution in [0.3, 0.4) is 0 Å². The minimum Gasteiger partial charge on any atom is -0.495 e. The van der Waals surface area contributed by atoms with E-state index >= 15 is 0 Å². The van der Waals surface area contributed by atoms with Gasteiger partial charge in [0.15, 0.2) is 0 Å². The van der Waals surface area contributed by atoms with Gasteiger partial charge in [-0.15, -0.1) is 11.3 Å². The van der Waals surface area contributed by atoms with E-state index in [1.165, 1.54) is 23.6 Å². The molecule has 144 valence electrons. The number of sulfone groups is 1. The van der Waals surface area contributed by atoms with Crippen LogP contribution in [0.15, 0.2) is 69.9 Å². The van der Waals surface area contributed by atoms with Crippen molar-refractivity contribution in [1.82, 2.24) is 4.90 Å². The summed E-state index contributed by atoms with van der Waals surface area (Å²) < 4.78 is 44.3. The Balaban J connectivity index is 1.55. The van der Waals surface area contributed by atoms with Crippen molar-refractivity contribution < 1.29 is 17.5 Å². The molecule has 2 heterocycles. The summed E-state index contributed by atoms with van der Waals surface area (Å²) in [4.78, 5) is 3.61. The number of hydrogen-bond acceptors (Lipinski definition) is 5. The largest absolute Gasteiger partial charge is 0.495 e. The van der Waals surface area contributed by atoms with Crippen LogP contribution in [0.1, 0.15) is 16.0 Å². The van der Waals surface area contributed by atoms with E-state index in [1.54, 1.807) is 35.6 Å². The molecule has 2 aromatic carbocycles. The van der Waals surface area contributed by atoms with Gasteiger partial charge in [-0.2, -0.15) is 0 Å². The van der Waals surface area contributed by atoms with Crippen LogP contribution in [0.2, 0.25) is 0 Å². The molecule has 7 heteroatoms. The summed E-state index contributed by atoms with van der Waals surface area (Å²) in [5.41, 5.74) is 2.27. The Hall–Kier alpha value is -2.64. The summed E-state index contributed by atoms with van der Waals surface area (Å²) in [7, 11) is -2.48. The molecule has 1 aliphatic heterocycles. The van der Waals surface area contributed by atoms with E-state index in [2.05, 4.69) is 28.6 Å². The zero-order valence-electron chi connectivity index (χ0n) is 15.1. The van der Waals surface area contributed by atoms with E-state index in [4.69, 9.17) is 4.74 Å². The maximum Gasteiger partial charge on any atom is 0.210 e. The number of rotatable bonds is 5. The SMILES string of the molecule is COc1cc(F)ccc1S(=O)(=O)c1ccc(CN2C=Cc3ccsc3C2)cc1. The van der Waals surface area contributed by atoms with Gasteiger partial charge < -0.3 is 9.64 Å². The third-order valence-corrected chi connectivity index (χ3v) is 7.36. The highest BCUT2D eigenvalue weighted by Crippen LogP contribution is 2.31. The highest BCUT2D eigenvalue weighted by Gasteiger charge is 2.22. The molecule has 0 aliphatic carbocycles. The fraction of sp³-hybridized carbons (Fsp3) is 0.143. The summed E-state index contributed by atoms with van der Waals surface area (Å²) in [5, 5.41) is 2.09. The maximum atomic E-state index is 13.4. The molecule has 0 saturated carbocycles. The molecule has 1 aromatic heterocycles. The van der Waals surface area contributed by atoms with Gasteiger partial charge in [0.1, 0.15) is 16.5 Å². The van der Waals surface area contributed by atoms with Crippen molar-refractivity contribution in [3.63, 3.8) is 0 Å². The number of methoxy groups -OCH3 is 1. The average Bonchev–Trinajstić information content (AvgIpc) is 3.16. The molecule has 4 nitrogen and oxygen atoms in total. The second kappa shape index (κ2) is 7.41. The van der Waals surface area contributed by atoms with E-state index in [9.17, 15) is 12.8 Å². The maximum absolute atomic E-state index is 13.4. The Morgan fingerprint density at radius 1 is 1.14 bits per heavy atom. The van der Waals surface area contributed by atoms with E-state index in [1.807, 2.05) is 0 Å². The lowest BCUT2D eigenvalue weighted by Gasteiger charge is -2.23. The lowest BCUT2D eigenvalue weighted by molar-refractivity contribution is 0.363. The fourth-order valence-electron chi connectivity index (χ4n) is 3.16. The predicted octanol–water partition coefficient (Wildman–Crippen LogP) is 4.72. The first-order valence-electron chi connectivity index (χ1n) is 8.63. The normalized spacial score (nSPS) is 13.4. The predicted molar refractivity (Wildman–Crippen MR) is 107 cm³/mol. The Kier molecular flexibility index (Phi) is 4.95. The topological polar surface area (TPSA) is 46.6 Å². The first kappa shape index (κ1) is 18.7. The van der Waals surface area contributed by atoms with Gasteiger partial charge in [0, 0.05) is 23.7 Å². The van der Waals surface area contributed by atoms with Gasteiger partial charge in [0.05, 0.1) is 18.6 Å². The molecule has 0 saturated heterocycles. The molecule has 0 N–H and O–H groups in total. The zero-order chi connectivity index (χ0) is 19.7. The lowest BCUT2D eigenvalue weighted by atomic mass is 10.1. The van der Waals surface area contributed by atoms with Crippen LogP contribution >= 0.6 is 11.3 Å². The summed E-state index contributed by atoms with van der Waals surface area (Å²) in [6.07, 6.45) is 4.15. The van der Waals surface area contributed by atoms with E-state index < -0.39 is 15.7 Å². The minimum absolute atomic E-state index is 0.00529. The number of thiophene rings is 1. The van der Waals surface area contributed by atoms with Crippen molar-refractivity contribution in [3.8, 4) is 5.75 Å². The van der Waals surface area contributed by atoms with Gasteiger partial charge in [0.25, 0.3) is 0 Å². The standard InChI is InChI=1S/C21H18FNO3S2/c1-26-19-12-17(22)4-7-21(19)28(24,25)18-5-2-15(3-6-18)13-23-10-8-16-9-11-27-20(16)14-23/h2-12H,13-14H2,1H3. The molecule has 0 amide bonds. The number of fused-ring (bicyclic) bond motifs is 1. The van der Waals surface area contributed by atoms with Crippen molar-refractivity contribution in [2.45, 2.75) is 22.9 Å². The molecule has 0 fully saturated rings. The molecule has 0 atom stereocenters. The molecular formula is C21H18FNO3S2. The third-order valence-electron chi connectivity index (χ3n) is 4.63. The number of nitrogens with zero attached hydrogens (tertiary/aromatic N) is 1. The van der Waals surface area contributed by atoms with Gasteiger partial charge in [-0.05, 0) is 52.9 Å². The average molecular weight is 416 g/mol. The smallest absolute Gasteiger partial charge is 0.210 e. The van der Waals surface area contributed by atoms with Crippen LogP contribution in [0, 0.1) is 5.82 Å². The van der Waals surface area contributed by atoms with Crippen LogP contribution in [-0.4, -0.2) is 20.4 Å². The van der Waals surface area contributed by atoms with Crippen molar-refractivity contribution in [2.24, 2.45) is 0 Å². The number of ether oxygens (including phenoxy) is 1. The Labute approximate surface area is 167 Å². The summed E-state index contributed by atoms with van der Waals surface area (Å²) in [5.74, 6) is -0.552. The Bertz CT molecular complexity index is 1130. The quantitative estimate of drug-likeness (QED) is 0.566. The van der Waals surface area contributed by atoms with Gasteiger partial charge in [-0.3, -0.25) is 0 Å². The van der Waals surface area contributed by atoms with Crippen molar-refractivity contribution in [1.29, 1.82) is 0 Å². The summed E-state index contributed by atoms with van der Waals surface area (Å²) >= 11 is 1.74. The van der Waals surface area contributed by atoms with Crippen molar-refractivity contribution in [3.05, 3.63) is 81.9 Å². The van der Waals surface area contributed by atoms with Crippen LogP contribution < -0.4 is 4.74 Å². The van der Waals surface area contributed by atoms with Crippen LogP contribution in [0.25, 0.3) is 6.08 Å². The Morgan fingerprint density at radius 2 is 1.93 bits per heavy atom. The monoisotopic (exact) mass is 415 g/mol. The third kappa shape index (κ3) is 3.55. The molecule has 0 unspecified atom stereocenters. The number of halogens is 1. The first-order chi connectivity index (χ1) is 13.5. The highest BCUT2D eigenvalue weighted by molar-refractivity contribution is 7.91. The minimum atomic E-state index is -3.80. The Morgan fingerprint density at radius 3 is 2.68 bits per heavy atom. The van der Waals surface area contributed by atoms with Gasteiger partial charge in [-0.1, -0.05) is 12.1 Å². The van der Waals surface area contributed by atoms with E-state index in [0.717, 1.165) is 24.2 Å². The van der Waals surface area contributed by atoms with Crippen LogP contribution in [-0.2, 0) is 22.9 Å². The van der Waals surface area contributed by atoms with Crippen LogP contribution in [0.4, 0.5) is 4.39 Å². The van der Waals surface area contributed by atoms with Crippen molar-refractivity contribution >= 4 is 27.3 Å². The van der Waals surface area contributed by atoms with Crippen molar-refractivity contribution in [2.75, 3.05) is 7.11 Å². The molecule has 0 bridgehead atoms. The molecular weight excluding hydrogens is 397 g/mol. The number of benzene rings is 2. The van der Waals surface area contributed by atoms with E-state index in [0.29, 0.717) is 6.54 Å². The zero-order valence-corrected chi connectivity index (χ0v) is 16.8. The highest BCUT2D eigenvalue weighted by atomic mass is 32.2. The second-order valence-electron chi connectivity index (χ2n) is 6.46. The first-order valence-corrected chi connectivity index (χ1v) is 11.0. The number of hydrogen-bond donors (Lipinski definition) is 0. The van der Waals surface area contributed by atoms with Gasteiger partial charge in [0.2, 0.25) is 9.84 Å². The second-order valence-corrected chi connectivity index (χ2v) is 9.38. The molecule has 0 spiro atoms. The van der Waals surface area contributed by atoms with Crippen LogP contribution in [0.5, 0.6) is 5.75 Å². The molecule has 3 aromatic rings. The summed E-state index contributed by atoms with van der Waals surface area (Å²) in [6, 6.07) is 12.3. The molecule has 28 heavy (non-hydrogen) atoms.